The maximum atomic E-state index is 11.1. The third-order valence-electron chi connectivity index (χ3n) is 1.74. The zero-order valence-electron chi connectivity index (χ0n) is 5.77. The number of aliphatic imine (C=N–C) groups is 2. The Kier molecular flexibility index (Phi) is 1.31. The van der Waals surface area contributed by atoms with Gasteiger partial charge in [0, 0.05) is 12.4 Å². The van der Waals surface area contributed by atoms with E-state index in [0.717, 1.165) is 0 Å². The van der Waals surface area contributed by atoms with Crippen molar-refractivity contribution in [2.45, 2.75) is 6.04 Å². The lowest BCUT2D eigenvalue weighted by Crippen LogP contribution is -2.39. The van der Waals surface area contributed by atoms with Crippen molar-refractivity contribution in [2.24, 2.45) is 15.9 Å². The quantitative estimate of drug-likeness (QED) is 0.506. The molecule has 11 heavy (non-hydrogen) atoms. The molecular formula is C7H7N3O. The van der Waals surface area contributed by atoms with Crippen LogP contribution in [0.1, 0.15) is 0 Å². The Balaban J connectivity index is 2.31. The standard InChI is InChI=1S/C7H7N3O/c11-7-5-3-8-4-10-6(5)1-2-9-7/h1-6H,(H,9,11). The Morgan fingerprint density at radius 2 is 2.45 bits per heavy atom. The molecule has 0 aromatic heterocycles. The fourth-order valence-electron chi connectivity index (χ4n) is 1.14. The summed E-state index contributed by atoms with van der Waals surface area (Å²) in [5.41, 5.74) is 0. The molecule has 4 nitrogen and oxygen atoms in total. The first-order valence-corrected chi connectivity index (χ1v) is 3.40. The normalized spacial score (nSPS) is 33.3. The van der Waals surface area contributed by atoms with Crippen molar-refractivity contribution in [2.75, 3.05) is 0 Å². The van der Waals surface area contributed by atoms with E-state index in [1.807, 2.05) is 6.08 Å². The van der Waals surface area contributed by atoms with Crippen molar-refractivity contribution in [3.63, 3.8) is 0 Å². The van der Waals surface area contributed by atoms with Crippen molar-refractivity contribution in [3.8, 4) is 0 Å². The summed E-state index contributed by atoms with van der Waals surface area (Å²) in [4.78, 5) is 18.9. The van der Waals surface area contributed by atoms with Crippen LogP contribution in [0.15, 0.2) is 22.3 Å². The van der Waals surface area contributed by atoms with Gasteiger partial charge >= 0.3 is 0 Å². The number of nitrogens with zero attached hydrogens (tertiary/aromatic N) is 2. The average Bonchev–Trinajstić information content (AvgIpc) is 2.06. The minimum absolute atomic E-state index is 0.0295. The van der Waals surface area contributed by atoms with Gasteiger partial charge in [-0.1, -0.05) is 0 Å². The third kappa shape index (κ3) is 0.960. The molecule has 0 radical (unpaired) electrons. The minimum Gasteiger partial charge on any atom is -0.332 e. The topological polar surface area (TPSA) is 53.8 Å². The van der Waals surface area contributed by atoms with Crippen LogP contribution in [0.4, 0.5) is 0 Å². The molecule has 1 amide bonds. The van der Waals surface area contributed by atoms with Gasteiger partial charge in [-0.05, 0) is 6.08 Å². The van der Waals surface area contributed by atoms with Crippen molar-refractivity contribution in [1.82, 2.24) is 5.32 Å². The van der Waals surface area contributed by atoms with Crippen LogP contribution in [0.3, 0.4) is 0 Å². The zero-order chi connectivity index (χ0) is 7.68. The predicted molar refractivity (Wildman–Crippen MR) is 41.5 cm³/mol. The van der Waals surface area contributed by atoms with Crippen molar-refractivity contribution >= 4 is 18.5 Å². The lowest BCUT2D eigenvalue weighted by Gasteiger charge is -2.21. The Morgan fingerprint density at radius 1 is 1.55 bits per heavy atom. The van der Waals surface area contributed by atoms with Crippen molar-refractivity contribution in [3.05, 3.63) is 12.3 Å². The molecule has 0 fully saturated rings. The fourth-order valence-corrected chi connectivity index (χ4v) is 1.14. The van der Waals surface area contributed by atoms with E-state index in [1.165, 1.54) is 6.34 Å². The molecule has 2 rings (SSSR count). The second-order valence-corrected chi connectivity index (χ2v) is 2.45. The van der Waals surface area contributed by atoms with Gasteiger partial charge in [0.1, 0.15) is 6.34 Å². The van der Waals surface area contributed by atoms with E-state index < -0.39 is 0 Å². The number of hydrogen-bond donors (Lipinski definition) is 1. The highest BCUT2D eigenvalue weighted by Gasteiger charge is 2.27. The number of nitrogens with one attached hydrogen (secondary N) is 1. The highest BCUT2D eigenvalue weighted by atomic mass is 16.1. The number of amides is 1. The number of hydrogen-bond acceptors (Lipinski definition) is 3. The lowest BCUT2D eigenvalue weighted by atomic mass is 9.98. The number of fused-ring (bicyclic) bond motifs is 1. The van der Waals surface area contributed by atoms with Crippen LogP contribution in [-0.4, -0.2) is 24.5 Å². The molecule has 56 valence electrons. The molecular weight excluding hydrogens is 142 g/mol. The predicted octanol–water partition coefficient (Wildman–Crippen LogP) is -0.273. The molecule has 2 unspecified atom stereocenters. The van der Waals surface area contributed by atoms with Crippen LogP contribution in [0, 0.1) is 5.92 Å². The first-order valence-electron chi connectivity index (χ1n) is 3.40. The average molecular weight is 149 g/mol. The van der Waals surface area contributed by atoms with Gasteiger partial charge in [-0.3, -0.25) is 9.79 Å². The summed E-state index contributed by atoms with van der Waals surface area (Å²) in [6.07, 6.45) is 6.58. The second kappa shape index (κ2) is 2.30. The largest absolute Gasteiger partial charge is 0.332 e. The van der Waals surface area contributed by atoms with E-state index in [2.05, 4.69) is 15.3 Å². The molecule has 1 N–H and O–H groups in total. The first-order chi connectivity index (χ1) is 5.38. The van der Waals surface area contributed by atoms with Crippen molar-refractivity contribution < 1.29 is 4.79 Å². The Bertz CT molecular complexity index is 267. The molecule has 2 aliphatic heterocycles. The van der Waals surface area contributed by atoms with Crippen LogP contribution in [0.25, 0.3) is 0 Å². The number of carbonyl (C=O) groups is 1. The van der Waals surface area contributed by atoms with E-state index >= 15 is 0 Å². The second-order valence-electron chi connectivity index (χ2n) is 2.45. The minimum atomic E-state index is -0.204. The van der Waals surface area contributed by atoms with Gasteiger partial charge in [0.2, 0.25) is 5.91 Å². The summed E-state index contributed by atoms with van der Waals surface area (Å²) >= 11 is 0. The zero-order valence-corrected chi connectivity index (χ0v) is 5.77. The molecule has 0 bridgehead atoms. The third-order valence-corrected chi connectivity index (χ3v) is 1.74. The summed E-state index contributed by atoms with van der Waals surface area (Å²) < 4.78 is 0. The van der Waals surface area contributed by atoms with Gasteiger partial charge in [-0.2, -0.15) is 0 Å². The molecule has 0 saturated carbocycles. The summed E-state index contributed by atoms with van der Waals surface area (Å²) in [7, 11) is 0. The van der Waals surface area contributed by atoms with E-state index in [4.69, 9.17) is 0 Å². The van der Waals surface area contributed by atoms with Crippen LogP contribution in [-0.2, 0) is 4.79 Å². The maximum Gasteiger partial charge on any atom is 0.234 e. The number of carbonyl (C=O) groups excluding carboxylic acids is 1. The maximum absolute atomic E-state index is 11.1. The van der Waals surface area contributed by atoms with E-state index in [1.54, 1.807) is 12.4 Å². The lowest BCUT2D eigenvalue weighted by molar-refractivity contribution is -0.122. The Labute approximate surface area is 63.7 Å². The molecule has 4 heteroatoms. The van der Waals surface area contributed by atoms with E-state index in [0.29, 0.717) is 0 Å². The fraction of sp³-hybridized carbons (Fsp3) is 0.286. The summed E-state index contributed by atoms with van der Waals surface area (Å²) in [5, 5.41) is 2.60. The van der Waals surface area contributed by atoms with Gasteiger partial charge in [-0.15, -0.1) is 0 Å². The molecule has 0 spiro atoms. The van der Waals surface area contributed by atoms with Gasteiger partial charge in [0.05, 0.1) is 12.0 Å². The molecule has 0 aromatic carbocycles. The SMILES string of the molecule is O=C1NC=CC2N=CN=CC12. The molecule has 2 atom stereocenters. The smallest absolute Gasteiger partial charge is 0.234 e. The van der Waals surface area contributed by atoms with Crippen molar-refractivity contribution in [1.29, 1.82) is 0 Å². The monoisotopic (exact) mass is 149 g/mol. The van der Waals surface area contributed by atoms with Crippen LogP contribution >= 0.6 is 0 Å². The Morgan fingerprint density at radius 3 is 3.27 bits per heavy atom. The highest BCUT2D eigenvalue weighted by Crippen LogP contribution is 2.13. The van der Waals surface area contributed by atoms with E-state index in [9.17, 15) is 4.79 Å². The van der Waals surface area contributed by atoms with E-state index in [-0.39, 0.29) is 17.9 Å². The number of rotatable bonds is 0. The van der Waals surface area contributed by atoms with Gasteiger partial charge in [-0.25, -0.2) is 4.99 Å². The summed E-state index contributed by atoms with van der Waals surface area (Å²) in [6.45, 7) is 0. The molecule has 2 heterocycles. The molecule has 0 aromatic rings. The van der Waals surface area contributed by atoms with Gasteiger partial charge in [0.15, 0.2) is 0 Å². The van der Waals surface area contributed by atoms with Gasteiger partial charge in [0.25, 0.3) is 0 Å². The first kappa shape index (κ1) is 6.27. The molecule has 0 saturated heterocycles. The van der Waals surface area contributed by atoms with Crippen LogP contribution in [0.5, 0.6) is 0 Å². The Hall–Kier alpha value is -1.45. The van der Waals surface area contributed by atoms with Crippen LogP contribution < -0.4 is 5.32 Å². The summed E-state index contributed by atoms with van der Waals surface area (Å²) in [5.74, 6) is -0.233. The summed E-state index contributed by atoms with van der Waals surface area (Å²) in [6, 6.07) is -0.0405. The molecule has 0 aliphatic carbocycles. The highest BCUT2D eigenvalue weighted by molar-refractivity contribution is 5.99. The molecule has 2 aliphatic rings. The van der Waals surface area contributed by atoms with Crippen LogP contribution in [0.2, 0.25) is 0 Å². The van der Waals surface area contributed by atoms with Gasteiger partial charge < -0.3 is 5.32 Å².